The van der Waals surface area contributed by atoms with Crippen molar-refractivity contribution in [3.05, 3.63) is 71.3 Å². The van der Waals surface area contributed by atoms with Crippen molar-refractivity contribution in [1.29, 1.82) is 0 Å². The SMILES string of the molecule is C1=C(c2ccc(N3Cc4ccccc4C3)cc2)CCNC1. The van der Waals surface area contributed by atoms with Crippen molar-refractivity contribution in [3.63, 3.8) is 0 Å². The lowest BCUT2D eigenvalue weighted by atomic mass is 10.00. The first kappa shape index (κ1) is 12.7. The summed E-state index contributed by atoms with van der Waals surface area (Å²) in [7, 11) is 0. The molecule has 2 aromatic carbocycles. The predicted octanol–water partition coefficient (Wildman–Crippen LogP) is 3.58. The Labute approximate surface area is 126 Å². The highest BCUT2D eigenvalue weighted by Crippen LogP contribution is 2.29. The maximum atomic E-state index is 3.37. The van der Waals surface area contributed by atoms with E-state index in [1.54, 1.807) is 0 Å². The van der Waals surface area contributed by atoms with Crippen molar-refractivity contribution in [3.8, 4) is 0 Å². The maximum absolute atomic E-state index is 3.37. The van der Waals surface area contributed by atoms with Crippen LogP contribution in [0.1, 0.15) is 23.1 Å². The summed E-state index contributed by atoms with van der Waals surface area (Å²) in [6.07, 6.45) is 3.44. The number of anilines is 1. The van der Waals surface area contributed by atoms with Crippen molar-refractivity contribution in [1.82, 2.24) is 5.32 Å². The molecule has 0 radical (unpaired) electrons. The minimum atomic E-state index is 0.999. The molecule has 2 aliphatic rings. The molecule has 0 aromatic heterocycles. The second kappa shape index (κ2) is 5.38. The van der Waals surface area contributed by atoms with E-state index in [0.717, 1.165) is 32.6 Å². The van der Waals surface area contributed by atoms with Crippen LogP contribution in [0, 0.1) is 0 Å². The minimum absolute atomic E-state index is 0.999. The lowest BCUT2D eigenvalue weighted by Crippen LogP contribution is -2.20. The number of nitrogens with zero attached hydrogens (tertiary/aromatic N) is 1. The molecule has 2 heterocycles. The standard InChI is InChI=1S/C19H20N2/c1-2-4-18-14-21(13-17(18)3-1)19-7-5-15(6-8-19)16-9-11-20-12-10-16/h1-9,20H,10-14H2. The maximum Gasteiger partial charge on any atom is 0.0436 e. The highest BCUT2D eigenvalue weighted by molar-refractivity contribution is 5.68. The van der Waals surface area contributed by atoms with E-state index in [9.17, 15) is 0 Å². The minimum Gasteiger partial charge on any atom is -0.363 e. The molecule has 0 spiro atoms. The topological polar surface area (TPSA) is 15.3 Å². The lowest BCUT2D eigenvalue weighted by Gasteiger charge is -2.19. The summed E-state index contributed by atoms with van der Waals surface area (Å²) in [5, 5.41) is 3.37. The highest BCUT2D eigenvalue weighted by Gasteiger charge is 2.18. The molecule has 0 saturated heterocycles. The van der Waals surface area contributed by atoms with Gasteiger partial charge in [-0.3, -0.25) is 0 Å². The van der Waals surface area contributed by atoms with Crippen LogP contribution in [0.15, 0.2) is 54.6 Å². The van der Waals surface area contributed by atoms with Gasteiger partial charge in [0.1, 0.15) is 0 Å². The molecule has 2 aliphatic heterocycles. The second-order valence-electron chi connectivity index (χ2n) is 5.86. The van der Waals surface area contributed by atoms with E-state index < -0.39 is 0 Å². The Balaban J connectivity index is 1.54. The van der Waals surface area contributed by atoms with Crippen molar-refractivity contribution in [2.75, 3.05) is 18.0 Å². The van der Waals surface area contributed by atoms with Gasteiger partial charge in [0.25, 0.3) is 0 Å². The van der Waals surface area contributed by atoms with Crippen molar-refractivity contribution in [2.45, 2.75) is 19.5 Å². The molecule has 21 heavy (non-hydrogen) atoms. The van der Waals surface area contributed by atoms with E-state index >= 15 is 0 Å². The second-order valence-corrected chi connectivity index (χ2v) is 5.86. The van der Waals surface area contributed by atoms with Gasteiger partial charge >= 0.3 is 0 Å². The van der Waals surface area contributed by atoms with Gasteiger partial charge in [0.15, 0.2) is 0 Å². The smallest absolute Gasteiger partial charge is 0.0436 e. The molecule has 2 nitrogen and oxygen atoms in total. The van der Waals surface area contributed by atoms with Gasteiger partial charge in [-0.1, -0.05) is 42.5 Å². The van der Waals surface area contributed by atoms with Crippen LogP contribution < -0.4 is 10.2 Å². The van der Waals surface area contributed by atoms with Crippen LogP contribution >= 0.6 is 0 Å². The van der Waals surface area contributed by atoms with Gasteiger partial charge in [0, 0.05) is 25.3 Å². The normalized spacial score (nSPS) is 17.5. The highest BCUT2D eigenvalue weighted by atomic mass is 15.1. The molecule has 0 bridgehead atoms. The third-order valence-corrected chi connectivity index (χ3v) is 4.51. The molecule has 0 saturated carbocycles. The number of benzene rings is 2. The van der Waals surface area contributed by atoms with Crippen LogP contribution in [0.5, 0.6) is 0 Å². The first-order valence-corrected chi connectivity index (χ1v) is 7.72. The molecule has 0 fully saturated rings. The number of fused-ring (bicyclic) bond motifs is 1. The van der Waals surface area contributed by atoms with Crippen LogP contribution in [-0.4, -0.2) is 13.1 Å². The van der Waals surface area contributed by atoms with Gasteiger partial charge in [0.2, 0.25) is 0 Å². The third kappa shape index (κ3) is 2.47. The van der Waals surface area contributed by atoms with E-state index in [4.69, 9.17) is 0 Å². The zero-order valence-corrected chi connectivity index (χ0v) is 12.2. The van der Waals surface area contributed by atoms with Crippen LogP contribution in [0.2, 0.25) is 0 Å². The first-order chi connectivity index (χ1) is 10.4. The Kier molecular flexibility index (Phi) is 3.24. The summed E-state index contributed by atoms with van der Waals surface area (Å²) >= 11 is 0. The van der Waals surface area contributed by atoms with Gasteiger partial charge in [-0.25, -0.2) is 0 Å². The molecule has 0 aliphatic carbocycles. The average molecular weight is 276 g/mol. The summed E-state index contributed by atoms with van der Waals surface area (Å²) in [6.45, 7) is 4.15. The Morgan fingerprint density at radius 2 is 1.57 bits per heavy atom. The molecule has 0 unspecified atom stereocenters. The Bertz CT molecular complexity index is 645. The summed E-state index contributed by atoms with van der Waals surface area (Å²) in [5.41, 5.74) is 7.09. The van der Waals surface area contributed by atoms with Crippen LogP contribution in [0.25, 0.3) is 5.57 Å². The van der Waals surface area contributed by atoms with E-state index in [2.05, 4.69) is 64.8 Å². The third-order valence-electron chi connectivity index (χ3n) is 4.51. The van der Waals surface area contributed by atoms with Crippen LogP contribution in [0.3, 0.4) is 0 Å². The summed E-state index contributed by atoms with van der Waals surface area (Å²) < 4.78 is 0. The molecular formula is C19H20N2. The Hall–Kier alpha value is -2.06. The van der Waals surface area contributed by atoms with E-state index in [0.29, 0.717) is 0 Å². The molecule has 2 aromatic rings. The fourth-order valence-corrected chi connectivity index (χ4v) is 3.29. The van der Waals surface area contributed by atoms with Gasteiger partial charge in [0.05, 0.1) is 0 Å². The molecular weight excluding hydrogens is 256 g/mol. The molecule has 4 rings (SSSR count). The zero-order valence-electron chi connectivity index (χ0n) is 12.2. The Morgan fingerprint density at radius 1 is 0.857 bits per heavy atom. The van der Waals surface area contributed by atoms with E-state index in [1.165, 1.54) is 28.0 Å². The summed E-state index contributed by atoms with van der Waals surface area (Å²) in [6, 6.07) is 17.8. The predicted molar refractivity (Wildman–Crippen MR) is 88.2 cm³/mol. The zero-order chi connectivity index (χ0) is 14.1. The quantitative estimate of drug-likeness (QED) is 0.902. The monoisotopic (exact) mass is 276 g/mol. The number of hydrogen-bond acceptors (Lipinski definition) is 2. The molecule has 0 amide bonds. The van der Waals surface area contributed by atoms with Crippen molar-refractivity contribution < 1.29 is 0 Å². The summed E-state index contributed by atoms with van der Waals surface area (Å²) in [4.78, 5) is 2.45. The van der Waals surface area contributed by atoms with Gasteiger partial charge in [-0.05, 0) is 47.4 Å². The van der Waals surface area contributed by atoms with Gasteiger partial charge in [-0.15, -0.1) is 0 Å². The van der Waals surface area contributed by atoms with Crippen molar-refractivity contribution in [2.24, 2.45) is 0 Å². The molecule has 2 heteroatoms. The number of nitrogens with one attached hydrogen (secondary N) is 1. The van der Waals surface area contributed by atoms with Crippen molar-refractivity contribution >= 4 is 11.3 Å². The largest absolute Gasteiger partial charge is 0.363 e. The first-order valence-electron chi connectivity index (χ1n) is 7.72. The Morgan fingerprint density at radius 3 is 2.19 bits per heavy atom. The van der Waals surface area contributed by atoms with Gasteiger partial charge < -0.3 is 10.2 Å². The van der Waals surface area contributed by atoms with Gasteiger partial charge in [-0.2, -0.15) is 0 Å². The number of rotatable bonds is 2. The fraction of sp³-hybridized carbons (Fsp3) is 0.263. The van der Waals surface area contributed by atoms with Crippen LogP contribution in [0.4, 0.5) is 5.69 Å². The van der Waals surface area contributed by atoms with E-state index in [-0.39, 0.29) is 0 Å². The summed E-state index contributed by atoms with van der Waals surface area (Å²) in [5.74, 6) is 0. The molecule has 1 N–H and O–H groups in total. The molecule has 106 valence electrons. The average Bonchev–Trinajstić information content (AvgIpc) is 3.00. The molecule has 0 atom stereocenters. The van der Waals surface area contributed by atoms with Crippen LogP contribution in [-0.2, 0) is 13.1 Å². The lowest BCUT2D eigenvalue weighted by molar-refractivity contribution is 0.738. The number of hydrogen-bond donors (Lipinski definition) is 1. The van der Waals surface area contributed by atoms with E-state index in [1.807, 2.05) is 0 Å². The fourth-order valence-electron chi connectivity index (χ4n) is 3.29.